The molecular formula is C16H31BrN4. The highest BCUT2D eigenvalue weighted by Crippen LogP contribution is 2.28. The zero-order valence-electron chi connectivity index (χ0n) is 14.6. The van der Waals surface area contributed by atoms with Crippen molar-refractivity contribution in [1.82, 2.24) is 20.0 Å². The highest BCUT2D eigenvalue weighted by Gasteiger charge is 2.35. The van der Waals surface area contributed by atoms with Crippen LogP contribution < -0.4 is 5.32 Å². The molecule has 0 fully saturated rings. The van der Waals surface area contributed by atoms with Gasteiger partial charge < -0.3 is 10.2 Å². The first-order valence-corrected chi connectivity index (χ1v) is 8.73. The average molecular weight is 359 g/mol. The van der Waals surface area contributed by atoms with Gasteiger partial charge in [-0.05, 0) is 63.8 Å². The lowest BCUT2D eigenvalue weighted by Crippen LogP contribution is -2.58. The van der Waals surface area contributed by atoms with Gasteiger partial charge in [-0.15, -0.1) is 0 Å². The highest BCUT2D eigenvalue weighted by molar-refractivity contribution is 9.10. The second kappa shape index (κ2) is 7.75. The molecule has 0 aliphatic rings. The molecule has 0 aliphatic carbocycles. The van der Waals surface area contributed by atoms with Crippen molar-refractivity contribution in [1.29, 1.82) is 0 Å². The number of halogens is 1. The molecule has 1 rings (SSSR count). The number of nitrogens with zero attached hydrogens (tertiary/aromatic N) is 3. The lowest BCUT2D eigenvalue weighted by atomic mass is 9.85. The molecule has 0 amide bonds. The summed E-state index contributed by atoms with van der Waals surface area (Å²) in [6, 6.07) is 0.389. The van der Waals surface area contributed by atoms with Gasteiger partial charge in [-0.3, -0.25) is 4.68 Å². The zero-order valence-corrected chi connectivity index (χ0v) is 16.2. The van der Waals surface area contributed by atoms with E-state index in [0.717, 1.165) is 36.1 Å². The van der Waals surface area contributed by atoms with Crippen LogP contribution in [0.3, 0.4) is 0 Å². The molecule has 1 N–H and O–H groups in total. The van der Waals surface area contributed by atoms with Crippen LogP contribution in [0.25, 0.3) is 0 Å². The fraction of sp³-hybridized carbons (Fsp3) is 0.812. The Morgan fingerprint density at radius 2 is 1.95 bits per heavy atom. The van der Waals surface area contributed by atoms with Crippen LogP contribution in [-0.2, 0) is 13.0 Å². The van der Waals surface area contributed by atoms with E-state index >= 15 is 0 Å². The minimum absolute atomic E-state index is 0.117. The van der Waals surface area contributed by atoms with Gasteiger partial charge in [0.15, 0.2) is 0 Å². The Kier molecular flexibility index (Phi) is 6.88. The molecule has 0 spiro atoms. The smallest absolute Gasteiger partial charge is 0.0738 e. The van der Waals surface area contributed by atoms with E-state index in [-0.39, 0.29) is 5.54 Å². The Labute approximate surface area is 138 Å². The predicted octanol–water partition coefficient (Wildman–Crippen LogP) is 3.22. The molecule has 1 aromatic rings. The summed E-state index contributed by atoms with van der Waals surface area (Å²) in [6.45, 7) is 12.9. The van der Waals surface area contributed by atoms with Gasteiger partial charge in [0, 0.05) is 24.5 Å². The number of aryl methyl sites for hydroxylation is 2. The molecule has 0 aliphatic heterocycles. The first-order valence-electron chi connectivity index (χ1n) is 7.94. The largest absolute Gasteiger partial charge is 0.312 e. The Morgan fingerprint density at radius 3 is 2.38 bits per heavy atom. The van der Waals surface area contributed by atoms with Crippen LogP contribution in [0, 0.1) is 6.92 Å². The molecule has 0 saturated carbocycles. The second-order valence-electron chi connectivity index (χ2n) is 6.08. The summed E-state index contributed by atoms with van der Waals surface area (Å²) >= 11 is 3.72. The Balaban J connectivity index is 3.14. The molecule has 0 radical (unpaired) electrons. The van der Waals surface area contributed by atoms with Gasteiger partial charge in [-0.2, -0.15) is 5.10 Å². The normalized spacial score (nSPS) is 16.2. The Bertz CT molecular complexity index is 455. The minimum atomic E-state index is 0.117. The number of nitrogens with one attached hydrogen (secondary N) is 1. The molecule has 1 heterocycles. The molecule has 2 unspecified atom stereocenters. The van der Waals surface area contributed by atoms with E-state index in [2.05, 4.69) is 84.6 Å². The maximum absolute atomic E-state index is 4.62. The quantitative estimate of drug-likeness (QED) is 0.774. The van der Waals surface area contributed by atoms with E-state index in [0.29, 0.717) is 6.04 Å². The van der Waals surface area contributed by atoms with Crippen LogP contribution in [-0.4, -0.2) is 46.9 Å². The summed E-state index contributed by atoms with van der Waals surface area (Å²) in [6.07, 6.45) is 2.08. The van der Waals surface area contributed by atoms with E-state index in [1.54, 1.807) is 0 Å². The van der Waals surface area contributed by atoms with Crippen molar-refractivity contribution < 1.29 is 0 Å². The van der Waals surface area contributed by atoms with Crippen LogP contribution in [0.5, 0.6) is 0 Å². The van der Waals surface area contributed by atoms with Crippen molar-refractivity contribution in [3.63, 3.8) is 0 Å². The van der Waals surface area contributed by atoms with Crippen molar-refractivity contribution >= 4 is 15.9 Å². The summed E-state index contributed by atoms with van der Waals surface area (Å²) in [5.74, 6) is 0. The summed E-state index contributed by atoms with van der Waals surface area (Å²) in [5.41, 5.74) is 2.49. The van der Waals surface area contributed by atoms with Gasteiger partial charge in [0.1, 0.15) is 0 Å². The monoisotopic (exact) mass is 358 g/mol. The number of hydrogen-bond acceptors (Lipinski definition) is 3. The molecular weight excluding hydrogens is 328 g/mol. The van der Waals surface area contributed by atoms with E-state index in [9.17, 15) is 0 Å². The number of rotatable bonds is 8. The fourth-order valence-corrected chi connectivity index (χ4v) is 3.34. The Hall–Kier alpha value is -0.390. The van der Waals surface area contributed by atoms with E-state index < -0.39 is 0 Å². The standard InChI is InChI=1S/C16H31BrN4/c1-8-16(5,20(6)7)14(18-9-2)11-13-15(17)12(4)19-21(13)10-3/h14,18H,8-11H2,1-7H3. The van der Waals surface area contributed by atoms with Crippen molar-refractivity contribution in [2.24, 2.45) is 0 Å². The van der Waals surface area contributed by atoms with Crippen LogP contribution in [0.15, 0.2) is 4.47 Å². The molecule has 0 saturated heterocycles. The molecule has 0 aromatic carbocycles. The number of aromatic nitrogens is 2. The lowest BCUT2D eigenvalue weighted by molar-refractivity contribution is 0.112. The maximum Gasteiger partial charge on any atom is 0.0738 e. The van der Waals surface area contributed by atoms with Crippen LogP contribution >= 0.6 is 15.9 Å². The zero-order chi connectivity index (χ0) is 16.2. The number of likely N-dealkylation sites (N-methyl/N-ethyl adjacent to an activating group) is 2. The molecule has 122 valence electrons. The van der Waals surface area contributed by atoms with E-state index in [1.807, 2.05) is 0 Å². The van der Waals surface area contributed by atoms with Crippen molar-refractivity contribution in [2.75, 3.05) is 20.6 Å². The van der Waals surface area contributed by atoms with Crippen molar-refractivity contribution in [3.8, 4) is 0 Å². The first-order chi connectivity index (χ1) is 9.81. The molecule has 4 nitrogen and oxygen atoms in total. The van der Waals surface area contributed by atoms with Crippen LogP contribution in [0.4, 0.5) is 0 Å². The minimum Gasteiger partial charge on any atom is -0.312 e. The highest BCUT2D eigenvalue weighted by atomic mass is 79.9. The van der Waals surface area contributed by atoms with Gasteiger partial charge in [-0.1, -0.05) is 13.8 Å². The van der Waals surface area contributed by atoms with E-state index in [4.69, 9.17) is 0 Å². The Morgan fingerprint density at radius 1 is 1.33 bits per heavy atom. The molecule has 1 aromatic heterocycles. The fourth-order valence-electron chi connectivity index (χ4n) is 2.89. The third kappa shape index (κ3) is 3.88. The summed E-state index contributed by atoms with van der Waals surface area (Å²) < 4.78 is 3.28. The van der Waals surface area contributed by atoms with Crippen molar-refractivity contribution in [3.05, 3.63) is 15.9 Å². The molecule has 0 bridgehead atoms. The maximum atomic E-state index is 4.62. The number of hydrogen-bond donors (Lipinski definition) is 1. The summed E-state index contributed by atoms with van der Waals surface area (Å²) in [5, 5.41) is 8.31. The van der Waals surface area contributed by atoms with Gasteiger partial charge in [-0.25, -0.2) is 0 Å². The third-order valence-electron chi connectivity index (χ3n) is 4.79. The van der Waals surface area contributed by atoms with E-state index in [1.165, 1.54) is 5.69 Å². The average Bonchev–Trinajstić information content (AvgIpc) is 2.73. The third-order valence-corrected chi connectivity index (χ3v) is 5.82. The van der Waals surface area contributed by atoms with Gasteiger partial charge >= 0.3 is 0 Å². The predicted molar refractivity (Wildman–Crippen MR) is 93.9 cm³/mol. The van der Waals surface area contributed by atoms with Crippen LogP contribution in [0.1, 0.15) is 45.5 Å². The van der Waals surface area contributed by atoms with Gasteiger partial charge in [0.2, 0.25) is 0 Å². The van der Waals surface area contributed by atoms with Crippen molar-refractivity contribution in [2.45, 2.75) is 65.6 Å². The lowest BCUT2D eigenvalue weighted by Gasteiger charge is -2.43. The molecule has 5 heteroatoms. The summed E-state index contributed by atoms with van der Waals surface area (Å²) in [4.78, 5) is 2.34. The topological polar surface area (TPSA) is 33.1 Å². The van der Waals surface area contributed by atoms with Gasteiger partial charge in [0.05, 0.1) is 15.9 Å². The molecule has 21 heavy (non-hydrogen) atoms. The SMILES string of the molecule is CCNC(Cc1c(Br)c(C)nn1CC)C(C)(CC)N(C)C. The second-order valence-corrected chi connectivity index (χ2v) is 6.87. The first kappa shape index (κ1) is 18.7. The van der Waals surface area contributed by atoms with Gasteiger partial charge in [0.25, 0.3) is 0 Å². The van der Waals surface area contributed by atoms with Crippen LogP contribution in [0.2, 0.25) is 0 Å². The summed E-state index contributed by atoms with van der Waals surface area (Å²) in [7, 11) is 4.34. The molecule has 2 atom stereocenters.